The fraction of sp³-hybridized carbons (Fsp3) is 0.500. The first-order chi connectivity index (χ1) is 8.82. The van der Waals surface area contributed by atoms with Crippen LogP contribution in [0.25, 0.3) is 0 Å². The van der Waals surface area contributed by atoms with E-state index in [1.807, 2.05) is 31.7 Å². The molecule has 0 aliphatic carbocycles. The summed E-state index contributed by atoms with van der Waals surface area (Å²) >= 11 is 0. The molecule has 0 saturated heterocycles. The van der Waals surface area contributed by atoms with Gasteiger partial charge in [0.15, 0.2) is 0 Å². The van der Waals surface area contributed by atoms with E-state index in [-0.39, 0.29) is 30.5 Å². The molecule has 1 amide bonds. The second kappa shape index (κ2) is 6.63. The van der Waals surface area contributed by atoms with Gasteiger partial charge in [-0.1, -0.05) is 12.1 Å². The average Bonchev–Trinajstić information content (AvgIpc) is 2.27. The first kappa shape index (κ1) is 15.6. The van der Waals surface area contributed by atoms with Gasteiger partial charge in [-0.25, -0.2) is 4.39 Å². The Morgan fingerprint density at radius 3 is 2.42 bits per heavy atom. The Bertz CT molecular complexity index is 434. The maximum atomic E-state index is 13.4. The normalized spacial score (nSPS) is 14.7. The zero-order valence-electron chi connectivity index (χ0n) is 11.6. The first-order valence-electron chi connectivity index (χ1n) is 6.38. The van der Waals surface area contributed by atoms with Crippen LogP contribution in [0, 0.1) is 5.82 Å². The summed E-state index contributed by atoms with van der Waals surface area (Å²) in [6, 6.07) is 5.87. The minimum atomic E-state index is -0.421. The second-order valence-corrected chi connectivity index (χ2v) is 5.09. The summed E-state index contributed by atoms with van der Waals surface area (Å²) in [5, 5.41) is 0. The molecule has 1 rings (SSSR count). The van der Waals surface area contributed by atoms with Crippen LogP contribution in [0.5, 0.6) is 0 Å². The van der Waals surface area contributed by atoms with Gasteiger partial charge in [0.1, 0.15) is 5.82 Å². The molecule has 106 valence electrons. The molecule has 0 aromatic heterocycles. The smallest absolute Gasteiger partial charge is 0.231 e. The summed E-state index contributed by atoms with van der Waals surface area (Å²) < 4.78 is 13.4. The Kier molecular flexibility index (Phi) is 5.44. The quantitative estimate of drug-likeness (QED) is 0.818. The third kappa shape index (κ3) is 4.29. The largest absolute Gasteiger partial charge is 0.369 e. The summed E-state index contributed by atoms with van der Waals surface area (Å²) in [5.41, 5.74) is 12.1. The number of nitrogens with two attached hydrogens (primary N) is 2. The Hall–Kier alpha value is -1.46. The SMILES string of the molecule is CC(N)C(c1cccc(F)c1)N(CC(N)=O)C(C)C. The molecule has 0 aliphatic heterocycles. The van der Waals surface area contributed by atoms with Crippen molar-refractivity contribution in [3.63, 3.8) is 0 Å². The van der Waals surface area contributed by atoms with E-state index in [0.29, 0.717) is 0 Å². The molecule has 0 radical (unpaired) electrons. The van der Waals surface area contributed by atoms with E-state index in [9.17, 15) is 9.18 Å². The van der Waals surface area contributed by atoms with Crippen LogP contribution in [0.3, 0.4) is 0 Å². The summed E-state index contributed by atoms with van der Waals surface area (Å²) in [7, 11) is 0. The van der Waals surface area contributed by atoms with E-state index in [1.54, 1.807) is 6.07 Å². The zero-order valence-corrected chi connectivity index (χ0v) is 11.6. The summed E-state index contributed by atoms with van der Waals surface area (Å²) in [4.78, 5) is 13.1. The Labute approximate surface area is 113 Å². The van der Waals surface area contributed by atoms with Gasteiger partial charge < -0.3 is 11.5 Å². The second-order valence-electron chi connectivity index (χ2n) is 5.09. The fourth-order valence-electron chi connectivity index (χ4n) is 2.27. The molecule has 0 saturated carbocycles. The molecule has 19 heavy (non-hydrogen) atoms. The number of primary amides is 1. The van der Waals surface area contributed by atoms with Crippen molar-refractivity contribution in [2.45, 2.75) is 38.9 Å². The topological polar surface area (TPSA) is 72.3 Å². The van der Waals surface area contributed by atoms with Crippen molar-refractivity contribution in [2.75, 3.05) is 6.54 Å². The van der Waals surface area contributed by atoms with Crippen LogP contribution in [-0.2, 0) is 4.79 Å². The van der Waals surface area contributed by atoms with Gasteiger partial charge in [0, 0.05) is 12.1 Å². The van der Waals surface area contributed by atoms with Crippen LogP contribution in [0.2, 0.25) is 0 Å². The number of benzene rings is 1. The molecule has 4 nitrogen and oxygen atoms in total. The van der Waals surface area contributed by atoms with Crippen molar-refractivity contribution < 1.29 is 9.18 Å². The van der Waals surface area contributed by atoms with E-state index in [2.05, 4.69) is 0 Å². The molecular weight excluding hydrogens is 245 g/mol. The molecule has 5 heteroatoms. The van der Waals surface area contributed by atoms with Crippen molar-refractivity contribution >= 4 is 5.91 Å². The number of amides is 1. The third-order valence-electron chi connectivity index (χ3n) is 3.05. The maximum absolute atomic E-state index is 13.4. The molecule has 0 spiro atoms. The van der Waals surface area contributed by atoms with E-state index in [0.717, 1.165) is 5.56 Å². The average molecular weight is 267 g/mol. The van der Waals surface area contributed by atoms with Gasteiger partial charge in [0.2, 0.25) is 5.91 Å². The lowest BCUT2D eigenvalue weighted by molar-refractivity contribution is -0.120. The monoisotopic (exact) mass is 267 g/mol. The van der Waals surface area contributed by atoms with Gasteiger partial charge in [-0.2, -0.15) is 0 Å². The lowest BCUT2D eigenvalue weighted by Gasteiger charge is -2.36. The van der Waals surface area contributed by atoms with Crippen LogP contribution in [0.4, 0.5) is 4.39 Å². The number of hydrogen-bond donors (Lipinski definition) is 2. The molecule has 2 unspecified atom stereocenters. The van der Waals surface area contributed by atoms with Crippen molar-refractivity contribution in [2.24, 2.45) is 11.5 Å². The van der Waals surface area contributed by atoms with Crippen LogP contribution in [0.1, 0.15) is 32.4 Å². The zero-order chi connectivity index (χ0) is 14.6. The molecule has 0 aliphatic rings. The minimum absolute atomic E-state index is 0.0757. The number of rotatable bonds is 6. The van der Waals surface area contributed by atoms with E-state index >= 15 is 0 Å². The van der Waals surface area contributed by atoms with Gasteiger partial charge in [0.05, 0.1) is 12.6 Å². The van der Waals surface area contributed by atoms with Crippen LogP contribution in [-0.4, -0.2) is 29.4 Å². The van der Waals surface area contributed by atoms with Gasteiger partial charge >= 0.3 is 0 Å². The highest BCUT2D eigenvalue weighted by Gasteiger charge is 2.27. The number of nitrogens with zero attached hydrogens (tertiary/aromatic N) is 1. The Morgan fingerprint density at radius 2 is 2.00 bits per heavy atom. The standard InChI is InChI=1S/C14H22FN3O/c1-9(2)18(8-13(17)19)14(10(3)16)11-5-4-6-12(15)7-11/h4-7,9-10,14H,8,16H2,1-3H3,(H2,17,19). The van der Waals surface area contributed by atoms with Gasteiger partial charge in [-0.3, -0.25) is 9.69 Å². The van der Waals surface area contributed by atoms with Crippen molar-refractivity contribution in [1.29, 1.82) is 0 Å². The Morgan fingerprint density at radius 1 is 1.37 bits per heavy atom. The van der Waals surface area contributed by atoms with E-state index in [1.165, 1.54) is 12.1 Å². The number of halogens is 1. The molecular formula is C14H22FN3O. The number of carbonyl (C=O) groups excluding carboxylic acids is 1. The molecule has 4 N–H and O–H groups in total. The van der Waals surface area contributed by atoms with Gasteiger partial charge in [-0.05, 0) is 38.5 Å². The predicted molar refractivity (Wildman–Crippen MR) is 73.8 cm³/mol. The predicted octanol–water partition coefficient (Wildman–Crippen LogP) is 1.41. The summed E-state index contributed by atoms with van der Waals surface area (Å²) in [5.74, 6) is -0.735. The number of hydrogen-bond acceptors (Lipinski definition) is 3. The highest BCUT2D eigenvalue weighted by molar-refractivity contribution is 5.76. The van der Waals surface area contributed by atoms with Crippen molar-refractivity contribution in [1.82, 2.24) is 4.90 Å². The Balaban J connectivity index is 3.13. The molecule has 1 aromatic carbocycles. The lowest BCUT2D eigenvalue weighted by Crippen LogP contribution is -2.46. The molecule has 1 aromatic rings. The van der Waals surface area contributed by atoms with Crippen LogP contribution >= 0.6 is 0 Å². The van der Waals surface area contributed by atoms with Crippen LogP contribution < -0.4 is 11.5 Å². The van der Waals surface area contributed by atoms with Crippen molar-refractivity contribution in [3.05, 3.63) is 35.6 Å². The highest BCUT2D eigenvalue weighted by Crippen LogP contribution is 2.25. The molecule has 2 atom stereocenters. The lowest BCUT2D eigenvalue weighted by atomic mass is 9.97. The van der Waals surface area contributed by atoms with E-state index in [4.69, 9.17) is 11.5 Å². The van der Waals surface area contributed by atoms with Gasteiger partial charge in [-0.15, -0.1) is 0 Å². The molecule has 0 heterocycles. The first-order valence-corrected chi connectivity index (χ1v) is 6.38. The van der Waals surface area contributed by atoms with E-state index < -0.39 is 5.91 Å². The minimum Gasteiger partial charge on any atom is -0.369 e. The molecule has 0 bridgehead atoms. The highest BCUT2D eigenvalue weighted by atomic mass is 19.1. The number of carbonyl (C=O) groups is 1. The molecule has 0 fully saturated rings. The van der Waals surface area contributed by atoms with Gasteiger partial charge in [0.25, 0.3) is 0 Å². The maximum Gasteiger partial charge on any atom is 0.231 e. The summed E-state index contributed by atoms with van der Waals surface area (Å²) in [6.45, 7) is 5.85. The summed E-state index contributed by atoms with van der Waals surface area (Å²) in [6.07, 6.45) is 0. The van der Waals surface area contributed by atoms with Crippen LogP contribution in [0.15, 0.2) is 24.3 Å². The fourth-order valence-corrected chi connectivity index (χ4v) is 2.27. The van der Waals surface area contributed by atoms with Crippen molar-refractivity contribution in [3.8, 4) is 0 Å². The third-order valence-corrected chi connectivity index (χ3v) is 3.05.